The highest BCUT2D eigenvalue weighted by atomic mass is 35.5. The van der Waals surface area contributed by atoms with E-state index in [4.69, 9.17) is 16.3 Å². The standard InChI is InChI=1S/C12H16ClN3O3/c1-2-10-8(3-4-19-10)7-14-12-6-9(16(17)18)5-11(13)15-12/h5-6,8,10H,2-4,7H2,1H3,(H,14,15). The van der Waals surface area contributed by atoms with Gasteiger partial charge in [0, 0.05) is 19.1 Å². The van der Waals surface area contributed by atoms with Gasteiger partial charge in [-0.05, 0) is 12.8 Å². The largest absolute Gasteiger partial charge is 0.378 e. The van der Waals surface area contributed by atoms with Crippen LogP contribution in [0.2, 0.25) is 5.15 Å². The Bertz CT molecular complexity index is 470. The summed E-state index contributed by atoms with van der Waals surface area (Å²) in [5, 5.41) is 14.0. The fourth-order valence-corrected chi connectivity index (χ4v) is 2.50. The summed E-state index contributed by atoms with van der Waals surface area (Å²) in [4.78, 5) is 14.3. The van der Waals surface area contributed by atoms with Crippen LogP contribution in [0.5, 0.6) is 0 Å². The van der Waals surface area contributed by atoms with E-state index in [0.29, 0.717) is 18.3 Å². The maximum absolute atomic E-state index is 10.7. The average molecular weight is 286 g/mol. The topological polar surface area (TPSA) is 77.3 Å². The fraction of sp³-hybridized carbons (Fsp3) is 0.583. The minimum atomic E-state index is -0.480. The summed E-state index contributed by atoms with van der Waals surface area (Å²) in [7, 11) is 0. The third-order valence-corrected chi connectivity index (χ3v) is 3.48. The molecule has 19 heavy (non-hydrogen) atoms. The first kappa shape index (κ1) is 14.0. The summed E-state index contributed by atoms with van der Waals surface area (Å²) in [5.74, 6) is 0.839. The summed E-state index contributed by atoms with van der Waals surface area (Å²) in [6.45, 7) is 3.54. The van der Waals surface area contributed by atoms with Crippen LogP contribution in [0, 0.1) is 16.0 Å². The molecule has 0 aromatic carbocycles. The highest BCUT2D eigenvalue weighted by molar-refractivity contribution is 6.29. The van der Waals surface area contributed by atoms with Gasteiger partial charge < -0.3 is 10.1 Å². The van der Waals surface area contributed by atoms with E-state index in [1.54, 1.807) is 0 Å². The predicted molar refractivity (Wildman–Crippen MR) is 72.5 cm³/mol. The molecule has 2 heterocycles. The number of nitrogens with one attached hydrogen (secondary N) is 1. The van der Waals surface area contributed by atoms with Gasteiger partial charge in [0.15, 0.2) is 0 Å². The molecule has 7 heteroatoms. The van der Waals surface area contributed by atoms with E-state index in [1.807, 2.05) is 0 Å². The summed E-state index contributed by atoms with van der Waals surface area (Å²) >= 11 is 5.77. The monoisotopic (exact) mass is 285 g/mol. The van der Waals surface area contributed by atoms with Gasteiger partial charge in [-0.1, -0.05) is 18.5 Å². The van der Waals surface area contributed by atoms with Crippen molar-refractivity contribution in [3.63, 3.8) is 0 Å². The Morgan fingerprint density at radius 1 is 1.63 bits per heavy atom. The fourth-order valence-electron chi connectivity index (χ4n) is 2.29. The Balaban J connectivity index is 2.01. The van der Waals surface area contributed by atoms with E-state index in [9.17, 15) is 10.1 Å². The van der Waals surface area contributed by atoms with Crippen LogP contribution in [0.4, 0.5) is 11.5 Å². The Labute approximate surface area is 116 Å². The smallest absolute Gasteiger partial charge is 0.276 e. The highest BCUT2D eigenvalue weighted by Gasteiger charge is 2.26. The zero-order valence-electron chi connectivity index (χ0n) is 10.6. The van der Waals surface area contributed by atoms with E-state index in [1.165, 1.54) is 12.1 Å². The minimum absolute atomic E-state index is 0.0581. The lowest BCUT2D eigenvalue weighted by molar-refractivity contribution is -0.384. The highest BCUT2D eigenvalue weighted by Crippen LogP contribution is 2.25. The van der Waals surface area contributed by atoms with Crippen molar-refractivity contribution >= 4 is 23.1 Å². The van der Waals surface area contributed by atoms with Crippen molar-refractivity contribution in [2.45, 2.75) is 25.9 Å². The molecule has 2 rings (SSSR count). The van der Waals surface area contributed by atoms with Crippen LogP contribution in [-0.4, -0.2) is 29.2 Å². The molecule has 0 bridgehead atoms. The van der Waals surface area contributed by atoms with Gasteiger partial charge >= 0.3 is 0 Å². The molecule has 0 amide bonds. The maximum atomic E-state index is 10.7. The molecule has 0 radical (unpaired) electrons. The van der Waals surface area contributed by atoms with Gasteiger partial charge in [-0.25, -0.2) is 4.98 Å². The summed E-state index contributed by atoms with van der Waals surface area (Å²) in [6.07, 6.45) is 2.21. The Kier molecular flexibility index (Phi) is 4.55. The van der Waals surface area contributed by atoms with Crippen LogP contribution in [-0.2, 0) is 4.74 Å². The van der Waals surface area contributed by atoms with E-state index in [0.717, 1.165) is 19.4 Å². The third-order valence-electron chi connectivity index (χ3n) is 3.28. The Hall–Kier alpha value is -1.40. The van der Waals surface area contributed by atoms with Crippen LogP contribution in [0.3, 0.4) is 0 Å². The van der Waals surface area contributed by atoms with Crippen molar-refractivity contribution in [2.75, 3.05) is 18.5 Å². The molecule has 1 aromatic rings. The second kappa shape index (κ2) is 6.16. The first-order valence-electron chi connectivity index (χ1n) is 6.27. The van der Waals surface area contributed by atoms with Gasteiger partial charge in [0.1, 0.15) is 11.0 Å². The Morgan fingerprint density at radius 2 is 2.42 bits per heavy atom. The predicted octanol–water partition coefficient (Wildman–Crippen LogP) is 2.87. The zero-order chi connectivity index (χ0) is 13.8. The molecule has 1 fully saturated rings. The zero-order valence-corrected chi connectivity index (χ0v) is 11.4. The molecule has 2 atom stereocenters. The number of aromatic nitrogens is 1. The molecule has 0 saturated carbocycles. The average Bonchev–Trinajstić information content (AvgIpc) is 2.83. The lowest BCUT2D eigenvalue weighted by Crippen LogP contribution is -2.23. The van der Waals surface area contributed by atoms with E-state index in [-0.39, 0.29) is 16.9 Å². The molecule has 6 nitrogen and oxygen atoms in total. The van der Waals surface area contributed by atoms with Gasteiger partial charge in [-0.3, -0.25) is 10.1 Å². The van der Waals surface area contributed by atoms with Crippen LogP contribution in [0.15, 0.2) is 12.1 Å². The van der Waals surface area contributed by atoms with Gasteiger partial charge in [0.05, 0.1) is 23.2 Å². The van der Waals surface area contributed by atoms with Crippen molar-refractivity contribution in [1.29, 1.82) is 0 Å². The van der Waals surface area contributed by atoms with Crippen LogP contribution in [0.1, 0.15) is 19.8 Å². The second-order valence-electron chi connectivity index (χ2n) is 4.54. The number of halogens is 1. The van der Waals surface area contributed by atoms with Crippen LogP contribution in [0.25, 0.3) is 0 Å². The van der Waals surface area contributed by atoms with Crippen molar-refractivity contribution in [3.05, 3.63) is 27.4 Å². The van der Waals surface area contributed by atoms with Crippen LogP contribution >= 0.6 is 11.6 Å². The number of pyridine rings is 1. The molecule has 104 valence electrons. The number of ether oxygens (including phenoxy) is 1. The molecule has 1 saturated heterocycles. The van der Waals surface area contributed by atoms with Crippen molar-refractivity contribution in [1.82, 2.24) is 4.98 Å². The van der Waals surface area contributed by atoms with Crippen LogP contribution < -0.4 is 5.32 Å². The molecule has 0 aliphatic carbocycles. The molecular formula is C12H16ClN3O3. The molecular weight excluding hydrogens is 270 g/mol. The van der Waals surface area contributed by atoms with Gasteiger partial charge in [-0.15, -0.1) is 0 Å². The lowest BCUT2D eigenvalue weighted by atomic mass is 10.00. The number of anilines is 1. The number of nitro groups is 1. The van der Waals surface area contributed by atoms with Crippen molar-refractivity contribution in [2.24, 2.45) is 5.92 Å². The Morgan fingerprint density at radius 3 is 3.11 bits per heavy atom. The summed E-state index contributed by atoms with van der Waals surface area (Å²) in [6, 6.07) is 2.63. The number of hydrogen-bond acceptors (Lipinski definition) is 5. The maximum Gasteiger partial charge on any atom is 0.276 e. The molecule has 0 spiro atoms. The molecule has 1 N–H and O–H groups in total. The lowest BCUT2D eigenvalue weighted by Gasteiger charge is -2.17. The molecule has 1 aliphatic heterocycles. The minimum Gasteiger partial charge on any atom is -0.378 e. The summed E-state index contributed by atoms with van der Waals surface area (Å²) < 4.78 is 5.59. The van der Waals surface area contributed by atoms with Crippen molar-refractivity contribution < 1.29 is 9.66 Å². The first-order chi connectivity index (χ1) is 9.10. The normalized spacial score (nSPS) is 22.4. The van der Waals surface area contributed by atoms with E-state index >= 15 is 0 Å². The number of hydrogen-bond donors (Lipinski definition) is 1. The van der Waals surface area contributed by atoms with Crippen molar-refractivity contribution in [3.8, 4) is 0 Å². The molecule has 1 aromatic heterocycles. The van der Waals surface area contributed by atoms with Gasteiger partial charge in [0.2, 0.25) is 0 Å². The summed E-state index contributed by atoms with van der Waals surface area (Å²) in [5.41, 5.74) is -0.0581. The van der Waals surface area contributed by atoms with E-state index in [2.05, 4.69) is 17.2 Å². The van der Waals surface area contributed by atoms with Gasteiger partial charge in [0.25, 0.3) is 5.69 Å². The number of nitrogens with zero attached hydrogens (tertiary/aromatic N) is 2. The third kappa shape index (κ3) is 3.54. The van der Waals surface area contributed by atoms with Gasteiger partial charge in [-0.2, -0.15) is 0 Å². The first-order valence-corrected chi connectivity index (χ1v) is 6.65. The number of rotatable bonds is 5. The SMILES string of the molecule is CCC1OCCC1CNc1cc([N+](=O)[O-])cc(Cl)n1. The second-order valence-corrected chi connectivity index (χ2v) is 4.92. The molecule has 2 unspecified atom stereocenters. The van der Waals surface area contributed by atoms with E-state index < -0.39 is 4.92 Å². The quantitative estimate of drug-likeness (QED) is 0.511. The molecule has 1 aliphatic rings.